The first kappa shape index (κ1) is 18.7. The highest BCUT2D eigenvalue weighted by Crippen LogP contribution is 2.52. The van der Waals surface area contributed by atoms with E-state index in [4.69, 9.17) is 9.47 Å². The number of hydrogen-bond acceptors (Lipinski definition) is 2. The maximum absolute atomic E-state index is 5.78. The SMILES string of the molecule is CCCc1cc2c(cc1OC)[C@@H]1CCCC[C@@H]1[C@H](C1C=CC(OC)=CC1)C2. The van der Waals surface area contributed by atoms with Gasteiger partial charge in [-0.1, -0.05) is 38.3 Å². The van der Waals surface area contributed by atoms with Crippen molar-refractivity contribution < 1.29 is 9.47 Å². The van der Waals surface area contributed by atoms with Crippen molar-refractivity contribution in [3.63, 3.8) is 0 Å². The Morgan fingerprint density at radius 2 is 1.89 bits per heavy atom. The lowest BCUT2D eigenvalue weighted by Gasteiger charge is -2.45. The third-order valence-corrected chi connectivity index (χ3v) is 7.17. The minimum absolute atomic E-state index is 0.652. The summed E-state index contributed by atoms with van der Waals surface area (Å²) in [6.07, 6.45) is 17.0. The van der Waals surface area contributed by atoms with Crippen LogP contribution in [0.1, 0.15) is 68.1 Å². The minimum Gasteiger partial charge on any atom is -0.497 e. The Kier molecular flexibility index (Phi) is 5.61. The molecule has 0 heterocycles. The van der Waals surface area contributed by atoms with E-state index in [-0.39, 0.29) is 0 Å². The van der Waals surface area contributed by atoms with Crippen LogP contribution in [-0.4, -0.2) is 14.2 Å². The molecule has 3 aliphatic carbocycles. The van der Waals surface area contributed by atoms with Gasteiger partial charge in [-0.3, -0.25) is 0 Å². The molecule has 0 radical (unpaired) electrons. The molecule has 3 aliphatic rings. The molecule has 1 aromatic carbocycles. The largest absolute Gasteiger partial charge is 0.497 e. The molecule has 1 fully saturated rings. The fourth-order valence-corrected chi connectivity index (χ4v) is 5.89. The lowest BCUT2D eigenvalue weighted by atomic mass is 9.59. The molecule has 2 nitrogen and oxygen atoms in total. The fourth-order valence-electron chi connectivity index (χ4n) is 5.89. The molecule has 0 aliphatic heterocycles. The minimum atomic E-state index is 0.652. The zero-order valence-electron chi connectivity index (χ0n) is 17.2. The van der Waals surface area contributed by atoms with E-state index in [2.05, 4.69) is 37.3 Å². The number of fused-ring (bicyclic) bond motifs is 3. The van der Waals surface area contributed by atoms with Crippen molar-refractivity contribution in [1.82, 2.24) is 0 Å². The molecule has 4 atom stereocenters. The smallest absolute Gasteiger partial charge is 0.122 e. The van der Waals surface area contributed by atoms with Crippen molar-refractivity contribution in [3.8, 4) is 5.75 Å². The summed E-state index contributed by atoms with van der Waals surface area (Å²) in [4.78, 5) is 0. The number of hydrogen-bond donors (Lipinski definition) is 0. The molecule has 0 spiro atoms. The predicted octanol–water partition coefficient (Wildman–Crippen LogP) is 6.20. The first-order valence-electron chi connectivity index (χ1n) is 10.9. The summed E-state index contributed by atoms with van der Waals surface area (Å²) in [5.41, 5.74) is 4.59. The second-order valence-electron chi connectivity index (χ2n) is 8.60. The summed E-state index contributed by atoms with van der Waals surface area (Å²) in [7, 11) is 3.60. The van der Waals surface area contributed by atoms with Gasteiger partial charge in [0.1, 0.15) is 11.5 Å². The molecule has 0 saturated heterocycles. The van der Waals surface area contributed by atoms with Crippen LogP contribution in [-0.2, 0) is 17.6 Å². The highest BCUT2D eigenvalue weighted by atomic mass is 16.5. The summed E-state index contributed by atoms with van der Waals surface area (Å²) < 4.78 is 11.2. The Balaban J connectivity index is 1.68. The average Bonchev–Trinajstić information content (AvgIpc) is 2.73. The van der Waals surface area contributed by atoms with Crippen LogP contribution in [0.15, 0.2) is 36.1 Å². The van der Waals surface area contributed by atoms with E-state index >= 15 is 0 Å². The zero-order chi connectivity index (χ0) is 18.8. The van der Waals surface area contributed by atoms with E-state index in [1.54, 1.807) is 18.2 Å². The van der Waals surface area contributed by atoms with E-state index in [0.717, 1.165) is 42.1 Å². The Bertz CT molecular complexity index is 730. The molecule has 27 heavy (non-hydrogen) atoms. The number of aryl methyl sites for hydroxylation is 1. The molecule has 0 bridgehead atoms. The van der Waals surface area contributed by atoms with Gasteiger partial charge in [0.2, 0.25) is 0 Å². The van der Waals surface area contributed by atoms with Crippen LogP contribution in [0.25, 0.3) is 0 Å². The molecule has 1 saturated carbocycles. The average molecular weight is 367 g/mol. The van der Waals surface area contributed by atoms with Gasteiger partial charge < -0.3 is 9.47 Å². The van der Waals surface area contributed by atoms with Crippen LogP contribution in [0.2, 0.25) is 0 Å². The molecule has 146 valence electrons. The van der Waals surface area contributed by atoms with Crippen molar-refractivity contribution in [2.75, 3.05) is 14.2 Å². The third kappa shape index (κ3) is 3.56. The van der Waals surface area contributed by atoms with Gasteiger partial charge in [0, 0.05) is 0 Å². The third-order valence-electron chi connectivity index (χ3n) is 7.17. The quantitative estimate of drug-likeness (QED) is 0.617. The predicted molar refractivity (Wildman–Crippen MR) is 111 cm³/mol. The molecular formula is C25H34O2. The van der Waals surface area contributed by atoms with Gasteiger partial charge in [-0.05, 0) is 90.7 Å². The van der Waals surface area contributed by atoms with E-state index < -0.39 is 0 Å². The van der Waals surface area contributed by atoms with Crippen LogP contribution in [0, 0.1) is 17.8 Å². The van der Waals surface area contributed by atoms with Crippen molar-refractivity contribution in [3.05, 3.63) is 52.8 Å². The second kappa shape index (κ2) is 8.12. The van der Waals surface area contributed by atoms with Crippen molar-refractivity contribution >= 4 is 0 Å². The van der Waals surface area contributed by atoms with E-state index in [1.165, 1.54) is 44.1 Å². The Hall–Kier alpha value is -1.70. The summed E-state index contributed by atoms with van der Waals surface area (Å²) in [5, 5.41) is 0. The molecule has 0 N–H and O–H groups in total. The van der Waals surface area contributed by atoms with E-state index in [1.807, 2.05) is 7.11 Å². The maximum Gasteiger partial charge on any atom is 0.122 e. The van der Waals surface area contributed by atoms with Crippen LogP contribution in [0.3, 0.4) is 0 Å². The van der Waals surface area contributed by atoms with Crippen LogP contribution < -0.4 is 4.74 Å². The van der Waals surface area contributed by atoms with Gasteiger partial charge in [-0.15, -0.1) is 0 Å². The molecule has 4 rings (SSSR count). The number of benzene rings is 1. The summed E-state index contributed by atoms with van der Waals surface area (Å²) in [6.45, 7) is 2.26. The van der Waals surface area contributed by atoms with Gasteiger partial charge in [0.05, 0.1) is 14.2 Å². The highest BCUT2D eigenvalue weighted by molar-refractivity contribution is 5.46. The molecule has 0 amide bonds. The highest BCUT2D eigenvalue weighted by Gasteiger charge is 2.41. The second-order valence-corrected chi connectivity index (χ2v) is 8.60. The van der Waals surface area contributed by atoms with Gasteiger partial charge in [-0.25, -0.2) is 0 Å². The monoisotopic (exact) mass is 366 g/mol. The van der Waals surface area contributed by atoms with Gasteiger partial charge in [0.25, 0.3) is 0 Å². The molecule has 2 heteroatoms. The van der Waals surface area contributed by atoms with Gasteiger partial charge in [0.15, 0.2) is 0 Å². The topological polar surface area (TPSA) is 18.5 Å². The van der Waals surface area contributed by atoms with Gasteiger partial charge >= 0.3 is 0 Å². The summed E-state index contributed by atoms with van der Waals surface area (Å²) >= 11 is 0. The first-order chi connectivity index (χ1) is 13.2. The van der Waals surface area contributed by atoms with Crippen LogP contribution in [0.4, 0.5) is 0 Å². The van der Waals surface area contributed by atoms with E-state index in [0.29, 0.717) is 5.92 Å². The number of ether oxygens (including phenoxy) is 2. The fraction of sp³-hybridized carbons (Fsp3) is 0.600. The van der Waals surface area contributed by atoms with Gasteiger partial charge in [-0.2, -0.15) is 0 Å². The summed E-state index contributed by atoms with van der Waals surface area (Å²) in [5.74, 6) is 5.09. The Labute approximate surface area is 164 Å². The zero-order valence-corrected chi connectivity index (χ0v) is 17.2. The lowest BCUT2D eigenvalue weighted by Crippen LogP contribution is -2.36. The molecule has 1 unspecified atom stereocenters. The van der Waals surface area contributed by atoms with Crippen molar-refractivity contribution in [1.29, 1.82) is 0 Å². The van der Waals surface area contributed by atoms with Crippen molar-refractivity contribution in [2.24, 2.45) is 17.8 Å². The van der Waals surface area contributed by atoms with Crippen molar-refractivity contribution in [2.45, 2.75) is 64.2 Å². The summed E-state index contributed by atoms with van der Waals surface area (Å²) in [6, 6.07) is 4.89. The Morgan fingerprint density at radius 3 is 2.59 bits per heavy atom. The standard InChI is InChI=1S/C25H34O2/c1-4-7-18-14-19-15-23(17-10-12-20(26-2)13-11-17)21-8-5-6-9-22(21)24(19)16-25(18)27-3/h10,12-14,16-17,21-23H,4-9,11,15H2,1-3H3/t17?,21-,22+,23-/m0/s1. The maximum atomic E-state index is 5.78. The molecule has 1 aromatic rings. The number of allylic oxidation sites excluding steroid dienone is 3. The first-order valence-corrected chi connectivity index (χ1v) is 10.9. The number of rotatable bonds is 5. The normalized spacial score (nSPS) is 29.5. The molecule has 0 aromatic heterocycles. The lowest BCUT2D eigenvalue weighted by molar-refractivity contribution is 0.155. The molecular weight excluding hydrogens is 332 g/mol. The Morgan fingerprint density at radius 1 is 1.04 bits per heavy atom. The number of methoxy groups -OCH3 is 2. The van der Waals surface area contributed by atoms with Crippen LogP contribution >= 0.6 is 0 Å². The van der Waals surface area contributed by atoms with Crippen LogP contribution in [0.5, 0.6) is 5.75 Å². The van der Waals surface area contributed by atoms with E-state index in [9.17, 15) is 0 Å².